The normalized spacial score (nSPS) is 12.5. The van der Waals surface area contributed by atoms with Crippen LogP contribution in [0.2, 0.25) is 0 Å². The maximum Gasteiger partial charge on any atom is 0.306 e. The van der Waals surface area contributed by atoms with Gasteiger partial charge in [-0.25, -0.2) is 0 Å². The first-order chi connectivity index (χ1) is 29.0. The summed E-state index contributed by atoms with van der Waals surface area (Å²) in [6, 6.07) is 0. The van der Waals surface area contributed by atoms with E-state index in [0.717, 1.165) is 96.3 Å². The van der Waals surface area contributed by atoms with Crippen LogP contribution >= 0.6 is 0 Å². The molecule has 0 saturated carbocycles. The molecule has 0 aromatic rings. The zero-order valence-corrected chi connectivity index (χ0v) is 38.8. The highest BCUT2D eigenvalue weighted by Gasteiger charge is 2.19. The third kappa shape index (κ3) is 46.0. The number of hydrogen-bond donors (Lipinski definition) is 0. The molecule has 0 aliphatic rings. The molecule has 0 aliphatic heterocycles. The van der Waals surface area contributed by atoms with Crippen LogP contribution in [-0.2, 0) is 28.6 Å². The van der Waals surface area contributed by atoms with E-state index in [1.54, 1.807) is 0 Å². The zero-order valence-electron chi connectivity index (χ0n) is 38.8. The summed E-state index contributed by atoms with van der Waals surface area (Å²) >= 11 is 0. The van der Waals surface area contributed by atoms with Gasteiger partial charge in [-0.1, -0.05) is 191 Å². The Labute approximate surface area is 364 Å². The SMILES string of the molecule is CC\C=C/C=C\C=C/CCCCCCCC(=O)OC(COC(=O)CCCCCCC/C=C\CCCCC)COC(=O)CCCCCCC/C=C\CCCCCCCCC. The second-order valence-electron chi connectivity index (χ2n) is 16.4. The lowest BCUT2D eigenvalue weighted by Gasteiger charge is -2.18. The number of unbranched alkanes of at least 4 members (excludes halogenated alkanes) is 25. The van der Waals surface area contributed by atoms with Crippen molar-refractivity contribution < 1.29 is 28.6 Å². The highest BCUT2D eigenvalue weighted by Crippen LogP contribution is 2.14. The van der Waals surface area contributed by atoms with Crippen LogP contribution in [0.25, 0.3) is 0 Å². The van der Waals surface area contributed by atoms with Gasteiger partial charge in [0.05, 0.1) is 0 Å². The Bertz CT molecular complexity index is 1090. The summed E-state index contributed by atoms with van der Waals surface area (Å²) in [5.74, 6) is -0.926. The minimum Gasteiger partial charge on any atom is -0.462 e. The average Bonchev–Trinajstić information content (AvgIpc) is 3.23. The number of hydrogen-bond acceptors (Lipinski definition) is 6. The fourth-order valence-corrected chi connectivity index (χ4v) is 6.78. The van der Waals surface area contributed by atoms with E-state index in [0.29, 0.717) is 19.3 Å². The second-order valence-corrected chi connectivity index (χ2v) is 16.4. The first-order valence-electron chi connectivity index (χ1n) is 24.8. The Balaban J connectivity index is 4.41. The van der Waals surface area contributed by atoms with Crippen molar-refractivity contribution in [3.8, 4) is 0 Å². The quantitative estimate of drug-likeness (QED) is 0.0200. The van der Waals surface area contributed by atoms with Gasteiger partial charge in [0.15, 0.2) is 6.10 Å². The first-order valence-corrected chi connectivity index (χ1v) is 24.8. The standard InChI is InChI=1S/C53H92O6/c1-4-7-10-13-16-19-22-25-26-27-29-31-34-37-40-43-46-52(55)58-49-50(48-57-51(54)45-42-39-36-33-30-24-21-18-15-12-9-6-3)59-53(56)47-44-41-38-35-32-28-23-20-17-14-11-8-5-2/h8,11,14,17-18,20-21,23,26-27,50H,4-7,9-10,12-13,15-16,19,22,24-25,28-49H2,1-3H3/b11-8-,17-14-,21-18-,23-20-,27-26-. The molecule has 59 heavy (non-hydrogen) atoms. The molecule has 0 N–H and O–H groups in total. The van der Waals surface area contributed by atoms with Gasteiger partial charge in [0.25, 0.3) is 0 Å². The smallest absolute Gasteiger partial charge is 0.306 e. The van der Waals surface area contributed by atoms with E-state index in [4.69, 9.17) is 14.2 Å². The van der Waals surface area contributed by atoms with Crippen LogP contribution in [0, 0.1) is 0 Å². The molecule has 0 aliphatic carbocycles. The maximum absolute atomic E-state index is 12.7. The van der Waals surface area contributed by atoms with Crippen LogP contribution in [0.1, 0.15) is 239 Å². The van der Waals surface area contributed by atoms with Crippen LogP contribution in [0.5, 0.6) is 0 Å². The third-order valence-electron chi connectivity index (χ3n) is 10.5. The Kier molecular flexibility index (Phi) is 45.4. The van der Waals surface area contributed by atoms with Gasteiger partial charge in [-0.3, -0.25) is 14.4 Å². The largest absolute Gasteiger partial charge is 0.462 e. The summed E-state index contributed by atoms with van der Waals surface area (Å²) < 4.78 is 16.7. The fourth-order valence-electron chi connectivity index (χ4n) is 6.78. The number of carbonyl (C=O) groups is 3. The molecular formula is C53H92O6. The monoisotopic (exact) mass is 825 g/mol. The number of allylic oxidation sites excluding steroid dienone is 10. The molecule has 6 heteroatoms. The maximum atomic E-state index is 12.7. The zero-order chi connectivity index (χ0) is 43.0. The molecule has 0 fully saturated rings. The Morgan fingerprint density at radius 1 is 0.356 bits per heavy atom. The molecule has 0 rings (SSSR count). The van der Waals surface area contributed by atoms with Crippen LogP contribution in [0.3, 0.4) is 0 Å². The number of carbonyl (C=O) groups excluding carboxylic acids is 3. The van der Waals surface area contributed by atoms with E-state index >= 15 is 0 Å². The van der Waals surface area contributed by atoms with Crippen molar-refractivity contribution in [1.82, 2.24) is 0 Å². The molecular weight excluding hydrogens is 733 g/mol. The van der Waals surface area contributed by atoms with Crippen molar-refractivity contribution in [2.45, 2.75) is 245 Å². The van der Waals surface area contributed by atoms with Gasteiger partial charge in [0.2, 0.25) is 0 Å². The number of ether oxygens (including phenoxy) is 3. The van der Waals surface area contributed by atoms with Gasteiger partial charge in [-0.15, -0.1) is 0 Å². The molecule has 340 valence electrons. The van der Waals surface area contributed by atoms with Crippen molar-refractivity contribution in [1.29, 1.82) is 0 Å². The molecule has 0 amide bonds. The summed E-state index contributed by atoms with van der Waals surface area (Å²) in [6.07, 6.45) is 57.7. The predicted octanol–water partition coefficient (Wildman–Crippen LogP) is 16.1. The minimum atomic E-state index is -0.789. The number of rotatable bonds is 44. The summed E-state index contributed by atoms with van der Waals surface area (Å²) in [5, 5.41) is 0. The lowest BCUT2D eigenvalue weighted by Crippen LogP contribution is -2.30. The molecule has 1 atom stereocenters. The van der Waals surface area contributed by atoms with Crippen molar-refractivity contribution in [3.63, 3.8) is 0 Å². The summed E-state index contributed by atoms with van der Waals surface area (Å²) in [5.41, 5.74) is 0. The van der Waals surface area contributed by atoms with Gasteiger partial charge < -0.3 is 14.2 Å². The fraction of sp³-hybridized carbons (Fsp3) is 0.755. The van der Waals surface area contributed by atoms with E-state index in [1.807, 2.05) is 0 Å². The van der Waals surface area contributed by atoms with E-state index in [-0.39, 0.29) is 31.1 Å². The summed E-state index contributed by atoms with van der Waals surface area (Å²) in [4.78, 5) is 37.9. The van der Waals surface area contributed by atoms with Gasteiger partial charge in [-0.2, -0.15) is 0 Å². The Hall–Kier alpha value is -2.89. The van der Waals surface area contributed by atoms with E-state index in [1.165, 1.54) is 103 Å². The molecule has 0 aromatic heterocycles. The lowest BCUT2D eigenvalue weighted by atomic mass is 10.1. The Morgan fingerprint density at radius 2 is 0.678 bits per heavy atom. The van der Waals surface area contributed by atoms with E-state index in [9.17, 15) is 14.4 Å². The van der Waals surface area contributed by atoms with Gasteiger partial charge >= 0.3 is 17.9 Å². The molecule has 1 unspecified atom stereocenters. The Morgan fingerprint density at radius 3 is 1.10 bits per heavy atom. The van der Waals surface area contributed by atoms with Crippen LogP contribution in [0.15, 0.2) is 60.8 Å². The van der Waals surface area contributed by atoms with Gasteiger partial charge in [0.1, 0.15) is 13.2 Å². The van der Waals surface area contributed by atoms with Gasteiger partial charge in [0, 0.05) is 19.3 Å². The molecule has 0 radical (unpaired) electrons. The molecule has 0 saturated heterocycles. The van der Waals surface area contributed by atoms with Crippen LogP contribution in [0.4, 0.5) is 0 Å². The minimum absolute atomic E-state index is 0.0896. The second kappa shape index (κ2) is 47.8. The number of esters is 3. The molecule has 0 heterocycles. The molecule has 6 nitrogen and oxygen atoms in total. The van der Waals surface area contributed by atoms with Crippen molar-refractivity contribution >= 4 is 17.9 Å². The topological polar surface area (TPSA) is 78.9 Å². The van der Waals surface area contributed by atoms with E-state index in [2.05, 4.69) is 81.5 Å². The first kappa shape index (κ1) is 56.1. The van der Waals surface area contributed by atoms with Crippen LogP contribution in [-0.4, -0.2) is 37.2 Å². The molecule has 0 aromatic carbocycles. The third-order valence-corrected chi connectivity index (χ3v) is 10.5. The van der Waals surface area contributed by atoms with E-state index < -0.39 is 6.10 Å². The highest BCUT2D eigenvalue weighted by atomic mass is 16.6. The summed E-state index contributed by atoms with van der Waals surface area (Å²) in [7, 11) is 0. The van der Waals surface area contributed by atoms with Crippen molar-refractivity contribution in [2.75, 3.05) is 13.2 Å². The summed E-state index contributed by atoms with van der Waals surface area (Å²) in [6.45, 7) is 6.44. The lowest BCUT2D eigenvalue weighted by molar-refractivity contribution is -0.167. The highest BCUT2D eigenvalue weighted by molar-refractivity contribution is 5.71. The van der Waals surface area contributed by atoms with Gasteiger partial charge in [-0.05, 0) is 89.9 Å². The molecule has 0 bridgehead atoms. The van der Waals surface area contributed by atoms with Crippen molar-refractivity contribution in [2.24, 2.45) is 0 Å². The predicted molar refractivity (Wildman–Crippen MR) is 251 cm³/mol. The van der Waals surface area contributed by atoms with Crippen molar-refractivity contribution in [3.05, 3.63) is 60.8 Å². The average molecular weight is 825 g/mol. The van der Waals surface area contributed by atoms with Crippen LogP contribution < -0.4 is 0 Å². The molecule has 0 spiro atoms.